The minimum atomic E-state index is 0. The lowest BCUT2D eigenvalue weighted by molar-refractivity contribution is -0.131. The molecule has 2 saturated heterocycles. The fourth-order valence-corrected chi connectivity index (χ4v) is 5.27. The van der Waals surface area contributed by atoms with E-state index in [1.165, 1.54) is 30.5 Å². The monoisotopic (exact) mass is 493 g/mol. The van der Waals surface area contributed by atoms with Crippen molar-refractivity contribution in [2.75, 3.05) is 37.6 Å². The van der Waals surface area contributed by atoms with Crippen molar-refractivity contribution in [2.24, 2.45) is 0 Å². The van der Waals surface area contributed by atoms with Crippen LogP contribution in [0.5, 0.6) is 0 Å². The van der Waals surface area contributed by atoms with Crippen molar-refractivity contribution in [3.8, 4) is 0 Å². The van der Waals surface area contributed by atoms with Crippen LogP contribution in [-0.4, -0.2) is 69.7 Å². The van der Waals surface area contributed by atoms with Gasteiger partial charge in [-0.25, -0.2) is 4.98 Å². The van der Waals surface area contributed by atoms with Gasteiger partial charge in [0, 0.05) is 57.2 Å². The van der Waals surface area contributed by atoms with Gasteiger partial charge in [-0.2, -0.15) is 5.10 Å². The maximum Gasteiger partial charge on any atom is 0.224 e. The number of aromatic amines is 1. The third kappa shape index (κ3) is 5.04. The largest absolute Gasteiger partial charge is 0.367 e. The number of nitrogens with one attached hydrogen (secondary N) is 2. The summed E-state index contributed by atoms with van der Waals surface area (Å²) in [6, 6.07) is 4.33. The van der Waals surface area contributed by atoms with Gasteiger partial charge in [-0.1, -0.05) is 12.1 Å². The Hall–Kier alpha value is -2.97. The molecule has 0 bridgehead atoms. The van der Waals surface area contributed by atoms with E-state index in [-0.39, 0.29) is 18.3 Å². The van der Waals surface area contributed by atoms with Gasteiger partial charge in [0.2, 0.25) is 5.91 Å². The zero-order valence-electron chi connectivity index (χ0n) is 19.8. The van der Waals surface area contributed by atoms with E-state index in [9.17, 15) is 4.79 Å². The number of piperazine rings is 1. The molecule has 9 heteroatoms. The molecule has 1 aliphatic carbocycles. The van der Waals surface area contributed by atoms with Crippen molar-refractivity contribution in [3.05, 3.63) is 47.5 Å². The van der Waals surface area contributed by atoms with Crippen LogP contribution < -0.4 is 10.2 Å². The first-order chi connectivity index (χ1) is 16.8. The van der Waals surface area contributed by atoms with Crippen molar-refractivity contribution >= 4 is 47.2 Å². The number of rotatable bonds is 6. The predicted octanol–water partition coefficient (Wildman–Crippen LogP) is 3.61. The molecule has 8 nitrogen and oxygen atoms in total. The van der Waals surface area contributed by atoms with Crippen LogP contribution in [0.1, 0.15) is 54.8 Å². The smallest absolute Gasteiger partial charge is 0.224 e. The number of aromatic nitrogens is 4. The number of hydrogen-bond donors (Lipinski definition) is 2. The van der Waals surface area contributed by atoms with E-state index in [0.717, 1.165) is 61.4 Å². The highest BCUT2D eigenvalue weighted by atomic mass is 35.5. The quantitative estimate of drug-likeness (QED) is 0.545. The molecule has 2 N–H and O–H groups in total. The molecule has 184 valence electrons. The van der Waals surface area contributed by atoms with Gasteiger partial charge in [-0.05, 0) is 61.4 Å². The maximum absolute atomic E-state index is 12.9. The molecule has 1 unspecified atom stereocenters. The van der Waals surface area contributed by atoms with E-state index in [1.54, 1.807) is 6.20 Å². The highest BCUT2D eigenvalue weighted by Crippen LogP contribution is 2.47. The summed E-state index contributed by atoms with van der Waals surface area (Å²) in [5.74, 6) is 0.856. The maximum atomic E-state index is 12.9. The third-order valence-corrected chi connectivity index (χ3v) is 7.29. The van der Waals surface area contributed by atoms with Crippen LogP contribution in [-0.2, 0) is 4.79 Å². The summed E-state index contributed by atoms with van der Waals surface area (Å²) >= 11 is 0. The van der Waals surface area contributed by atoms with E-state index in [2.05, 4.69) is 42.5 Å². The number of amides is 1. The molecule has 3 aliphatic rings. The van der Waals surface area contributed by atoms with E-state index < -0.39 is 0 Å². The zero-order chi connectivity index (χ0) is 22.9. The fraction of sp³-hybridized carbons (Fsp3) is 0.462. The molecule has 3 aromatic rings. The first-order valence-corrected chi connectivity index (χ1v) is 12.5. The van der Waals surface area contributed by atoms with Crippen molar-refractivity contribution in [1.29, 1.82) is 0 Å². The first kappa shape index (κ1) is 23.8. The van der Waals surface area contributed by atoms with Crippen molar-refractivity contribution in [1.82, 2.24) is 30.4 Å². The summed E-state index contributed by atoms with van der Waals surface area (Å²) in [6.45, 7) is 4.23. The van der Waals surface area contributed by atoms with Crippen LogP contribution >= 0.6 is 12.4 Å². The van der Waals surface area contributed by atoms with Crippen LogP contribution in [0.4, 0.5) is 5.69 Å². The van der Waals surface area contributed by atoms with Gasteiger partial charge in [0.25, 0.3) is 0 Å². The molecule has 1 amide bonds. The Morgan fingerprint density at radius 2 is 1.97 bits per heavy atom. The average molecular weight is 494 g/mol. The number of carbonyl (C=O) groups is 1. The van der Waals surface area contributed by atoms with Crippen molar-refractivity contribution < 1.29 is 4.79 Å². The summed E-state index contributed by atoms with van der Waals surface area (Å²) < 4.78 is 0. The predicted molar refractivity (Wildman–Crippen MR) is 141 cm³/mol. The molecule has 0 spiro atoms. The van der Waals surface area contributed by atoms with E-state index in [1.807, 2.05) is 29.4 Å². The molecule has 35 heavy (non-hydrogen) atoms. The minimum Gasteiger partial charge on any atom is -0.367 e. The number of fused-ring (bicyclic) bond motifs is 1. The number of hydrogen-bond acceptors (Lipinski definition) is 6. The molecule has 0 aromatic carbocycles. The van der Waals surface area contributed by atoms with Crippen molar-refractivity contribution in [2.45, 2.75) is 44.1 Å². The summed E-state index contributed by atoms with van der Waals surface area (Å²) in [5.41, 5.74) is 5.32. The molecule has 0 radical (unpaired) electrons. The molecule has 5 heterocycles. The standard InChI is InChI=1S/C26H31N7O.ClH/c34-23(15-20-4-2-10-28-20)32-11-13-33(14-12-32)25-21(19-6-7-19)17-29-26-24(25)22(30-31-26)8-5-18-3-1-9-27-16-18;/h1,3,5,8-9,16-17,19-20,28H,2,4,6-7,10-15H2,(H,29,30,31);1H. The lowest BCUT2D eigenvalue weighted by Gasteiger charge is -2.37. The SMILES string of the molecule is Cl.O=C(CC1CCCN1)N1CCN(c2c(C3CC3)cnc3n[nH]c(C=Cc4cccnc4)c23)CC1. The van der Waals surface area contributed by atoms with Crippen LogP contribution in [0, 0.1) is 0 Å². The lowest BCUT2D eigenvalue weighted by Crippen LogP contribution is -2.50. The normalized spacial score (nSPS) is 20.5. The third-order valence-electron chi connectivity index (χ3n) is 7.29. The molecule has 1 saturated carbocycles. The van der Waals surface area contributed by atoms with Crippen molar-refractivity contribution in [3.63, 3.8) is 0 Å². The Balaban J connectivity index is 0.00000253. The summed E-state index contributed by atoms with van der Waals surface area (Å²) in [6.07, 6.45) is 15.1. The molecule has 3 fully saturated rings. The molecular weight excluding hydrogens is 462 g/mol. The number of halogens is 1. The second-order valence-electron chi connectivity index (χ2n) is 9.66. The van der Waals surface area contributed by atoms with Gasteiger partial charge in [0.1, 0.15) is 0 Å². The summed E-state index contributed by atoms with van der Waals surface area (Å²) in [4.78, 5) is 26.2. The van der Waals surface area contributed by atoms with Crippen LogP contribution in [0.25, 0.3) is 23.2 Å². The Morgan fingerprint density at radius 3 is 2.69 bits per heavy atom. The van der Waals surface area contributed by atoms with E-state index >= 15 is 0 Å². The topological polar surface area (TPSA) is 90.0 Å². The number of pyridine rings is 2. The van der Waals surface area contributed by atoms with Crippen LogP contribution in [0.15, 0.2) is 30.7 Å². The number of nitrogens with zero attached hydrogens (tertiary/aromatic N) is 5. The van der Waals surface area contributed by atoms with Crippen LogP contribution in [0.3, 0.4) is 0 Å². The number of anilines is 1. The van der Waals surface area contributed by atoms with Gasteiger partial charge < -0.3 is 15.1 Å². The van der Waals surface area contributed by atoms with Gasteiger partial charge in [-0.3, -0.25) is 14.9 Å². The molecular formula is C26H32ClN7O. The number of carbonyl (C=O) groups excluding carboxylic acids is 1. The minimum absolute atomic E-state index is 0. The second kappa shape index (κ2) is 10.3. The van der Waals surface area contributed by atoms with Crippen LogP contribution in [0.2, 0.25) is 0 Å². The van der Waals surface area contributed by atoms with Gasteiger partial charge in [-0.15, -0.1) is 12.4 Å². The highest BCUT2D eigenvalue weighted by molar-refractivity contribution is 5.99. The second-order valence-corrected chi connectivity index (χ2v) is 9.66. The summed E-state index contributed by atoms with van der Waals surface area (Å²) in [7, 11) is 0. The molecule has 6 rings (SSSR count). The average Bonchev–Trinajstić information content (AvgIpc) is 3.44. The zero-order valence-corrected chi connectivity index (χ0v) is 20.6. The first-order valence-electron chi connectivity index (χ1n) is 12.5. The lowest BCUT2D eigenvalue weighted by atomic mass is 10.0. The van der Waals surface area contributed by atoms with Gasteiger partial charge in [0.05, 0.1) is 16.8 Å². The van der Waals surface area contributed by atoms with E-state index in [0.29, 0.717) is 18.4 Å². The van der Waals surface area contributed by atoms with Gasteiger partial charge in [0.15, 0.2) is 5.65 Å². The Bertz CT molecular complexity index is 1190. The van der Waals surface area contributed by atoms with E-state index in [4.69, 9.17) is 0 Å². The number of H-pyrrole nitrogens is 1. The fourth-order valence-electron chi connectivity index (χ4n) is 5.27. The highest BCUT2D eigenvalue weighted by Gasteiger charge is 2.33. The Morgan fingerprint density at radius 1 is 1.11 bits per heavy atom. The Kier molecular flexibility index (Phi) is 7.02. The Labute approximate surface area is 211 Å². The van der Waals surface area contributed by atoms with Gasteiger partial charge >= 0.3 is 0 Å². The molecule has 1 atom stereocenters. The summed E-state index contributed by atoms with van der Waals surface area (Å²) in [5, 5.41) is 12.2. The molecule has 3 aromatic heterocycles. The molecule has 2 aliphatic heterocycles.